The lowest BCUT2D eigenvalue weighted by molar-refractivity contribution is -0.120. The van der Waals surface area contributed by atoms with Gasteiger partial charge in [0.15, 0.2) is 0 Å². The molecule has 1 N–H and O–H groups in total. The summed E-state index contributed by atoms with van der Waals surface area (Å²) in [7, 11) is 3.98. The summed E-state index contributed by atoms with van der Waals surface area (Å²) in [6, 6.07) is 2.11. The first-order valence-electron chi connectivity index (χ1n) is 6.81. The van der Waals surface area contributed by atoms with E-state index in [1.165, 1.54) is 4.88 Å². The molecule has 2 aromatic heterocycles. The number of likely N-dealkylation sites (N-methyl/N-ethyl adjacent to an activating group) is 1. The highest BCUT2D eigenvalue weighted by molar-refractivity contribution is 7.99. The Morgan fingerprint density at radius 2 is 2.24 bits per heavy atom. The molecule has 2 heterocycles. The molecule has 0 spiro atoms. The summed E-state index contributed by atoms with van der Waals surface area (Å²) in [4.78, 5) is 24.6. The number of carbonyl (C=O) groups excluding carboxylic acids is 1. The van der Waals surface area contributed by atoms with E-state index in [1.807, 2.05) is 19.0 Å². The van der Waals surface area contributed by atoms with Crippen LogP contribution >= 0.6 is 23.1 Å². The molecule has 0 saturated heterocycles. The molecule has 0 aliphatic carbocycles. The van der Waals surface area contributed by atoms with Crippen LogP contribution in [0.25, 0.3) is 10.2 Å². The zero-order valence-corrected chi connectivity index (χ0v) is 14.2. The van der Waals surface area contributed by atoms with E-state index in [2.05, 4.69) is 28.3 Å². The molecular weight excluding hydrogens is 304 g/mol. The first-order valence-corrected chi connectivity index (χ1v) is 8.62. The molecule has 0 atom stereocenters. The molecule has 0 unspecified atom stereocenters. The van der Waals surface area contributed by atoms with Crippen LogP contribution in [0.2, 0.25) is 0 Å². The van der Waals surface area contributed by atoms with E-state index in [0.717, 1.165) is 27.5 Å². The summed E-state index contributed by atoms with van der Waals surface area (Å²) in [6.45, 7) is 3.62. The third-order valence-electron chi connectivity index (χ3n) is 2.87. The maximum Gasteiger partial charge on any atom is 0.220 e. The lowest BCUT2D eigenvalue weighted by atomic mass is 10.4. The Morgan fingerprint density at radius 3 is 3.00 bits per heavy atom. The highest BCUT2D eigenvalue weighted by atomic mass is 32.2. The van der Waals surface area contributed by atoms with Crippen molar-refractivity contribution in [2.45, 2.75) is 18.4 Å². The van der Waals surface area contributed by atoms with Crippen molar-refractivity contribution in [3.63, 3.8) is 0 Å². The predicted octanol–water partition coefficient (Wildman–Crippen LogP) is 2.16. The minimum absolute atomic E-state index is 0.0937. The molecular formula is C14H20N4OS2. The Balaban J connectivity index is 1.81. The largest absolute Gasteiger partial charge is 0.355 e. The second-order valence-corrected chi connectivity index (χ2v) is 7.32. The van der Waals surface area contributed by atoms with Gasteiger partial charge in [-0.1, -0.05) is 0 Å². The van der Waals surface area contributed by atoms with Gasteiger partial charge in [-0.2, -0.15) is 0 Å². The smallest absolute Gasteiger partial charge is 0.220 e. The molecule has 0 bridgehead atoms. The number of aromatic nitrogens is 2. The summed E-state index contributed by atoms with van der Waals surface area (Å²) < 4.78 is 0. The number of carbonyl (C=O) groups is 1. The fourth-order valence-electron chi connectivity index (χ4n) is 1.82. The summed E-state index contributed by atoms with van der Waals surface area (Å²) in [5.74, 6) is 0.825. The standard InChI is InChI=1S/C14H20N4OS2/c1-10-8-11-13(16-9-17-14(11)21-10)20-7-4-12(19)15-5-6-18(2)3/h8-9H,4-7H2,1-3H3,(H,15,19). The Bertz CT molecular complexity index is 612. The van der Waals surface area contributed by atoms with E-state index in [9.17, 15) is 4.79 Å². The van der Waals surface area contributed by atoms with Crippen molar-refractivity contribution >= 4 is 39.2 Å². The predicted molar refractivity (Wildman–Crippen MR) is 89.1 cm³/mol. The first kappa shape index (κ1) is 16.2. The summed E-state index contributed by atoms with van der Waals surface area (Å²) in [5.41, 5.74) is 0. The molecule has 7 heteroatoms. The van der Waals surface area contributed by atoms with Crippen molar-refractivity contribution in [1.82, 2.24) is 20.2 Å². The van der Waals surface area contributed by atoms with Crippen LogP contribution in [0.1, 0.15) is 11.3 Å². The number of hydrogen-bond donors (Lipinski definition) is 1. The number of nitrogens with one attached hydrogen (secondary N) is 1. The Kier molecular flexibility index (Phi) is 5.96. The SMILES string of the molecule is Cc1cc2c(SCCC(=O)NCCN(C)C)ncnc2s1. The molecule has 2 aromatic rings. The Labute approximate surface area is 133 Å². The topological polar surface area (TPSA) is 58.1 Å². The van der Waals surface area contributed by atoms with Crippen LogP contribution in [0.5, 0.6) is 0 Å². The zero-order chi connectivity index (χ0) is 15.2. The molecule has 21 heavy (non-hydrogen) atoms. The quantitative estimate of drug-likeness (QED) is 0.625. The van der Waals surface area contributed by atoms with E-state index in [-0.39, 0.29) is 5.91 Å². The second-order valence-electron chi connectivity index (χ2n) is 5.01. The Hall–Kier alpha value is -1.18. The van der Waals surface area contributed by atoms with Crippen LogP contribution in [0.4, 0.5) is 0 Å². The van der Waals surface area contributed by atoms with Crippen molar-refractivity contribution in [3.8, 4) is 0 Å². The van der Waals surface area contributed by atoms with E-state index in [4.69, 9.17) is 0 Å². The van der Waals surface area contributed by atoms with Crippen molar-refractivity contribution in [1.29, 1.82) is 0 Å². The molecule has 5 nitrogen and oxygen atoms in total. The minimum atomic E-state index is 0.0937. The summed E-state index contributed by atoms with van der Waals surface area (Å²) in [6.07, 6.45) is 2.10. The average Bonchev–Trinajstić information content (AvgIpc) is 2.79. The van der Waals surface area contributed by atoms with Gasteiger partial charge in [-0.3, -0.25) is 4.79 Å². The average molecular weight is 324 g/mol. The molecule has 1 amide bonds. The number of nitrogens with zero attached hydrogens (tertiary/aromatic N) is 3. The van der Waals surface area contributed by atoms with Gasteiger partial charge in [-0.05, 0) is 27.1 Å². The molecule has 114 valence electrons. The molecule has 0 aliphatic rings. The third-order valence-corrected chi connectivity index (χ3v) is 4.83. The van der Waals surface area contributed by atoms with Gasteiger partial charge in [0.1, 0.15) is 16.2 Å². The highest BCUT2D eigenvalue weighted by Crippen LogP contribution is 2.30. The van der Waals surface area contributed by atoms with Crippen LogP contribution in [0, 0.1) is 6.92 Å². The van der Waals surface area contributed by atoms with Crippen molar-refractivity contribution in [2.75, 3.05) is 32.9 Å². The summed E-state index contributed by atoms with van der Waals surface area (Å²) in [5, 5.41) is 4.98. The third kappa shape index (κ3) is 4.94. The lowest BCUT2D eigenvalue weighted by Crippen LogP contribution is -2.31. The molecule has 2 rings (SSSR count). The first-order chi connectivity index (χ1) is 10.1. The fraction of sp³-hybridized carbons (Fsp3) is 0.500. The van der Waals surface area contributed by atoms with E-state index >= 15 is 0 Å². The van der Waals surface area contributed by atoms with Crippen LogP contribution < -0.4 is 5.32 Å². The maximum atomic E-state index is 11.7. The fourth-order valence-corrected chi connectivity index (χ4v) is 3.64. The number of fused-ring (bicyclic) bond motifs is 1. The van der Waals surface area contributed by atoms with Crippen LogP contribution in [0.3, 0.4) is 0 Å². The number of rotatable bonds is 7. The zero-order valence-electron chi connectivity index (χ0n) is 12.5. The van der Waals surface area contributed by atoms with Gasteiger partial charge in [0.2, 0.25) is 5.91 Å². The maximum absolute atomic E-state index is 11.7. The van der Waals surface area contributed by atoms with Crippen LogP contribution in [0.15, 0.2) is 17.4 Å². The normalized spacial score (nSPS) is 11.2. The molecule has 0 aromatic carbocycles. The van der Waals surface area contributed by atoms with Crippen molar-refractivity contribution in [3.05, 3.63) is 17.3 Å². The second kappa shape index (κ2) is 7.72. The molecule has 0 radical (unpaired) electrons. The number of hydrogen-bond acceptors (Lipinski definition) is 6. The van der Waals surface area contributed by atoms with E-state index in [1.54, 1.807) is 29.4 Å². The van der Waals surface area contributed by atoms with Gasteiger partial charge in [0.05, 0.1) is 0 Å². The monoisotopic (exact) mass is 324 g/mol. The van der Waals surface area contributed by atoms with Gasteiger partial charge < -0.3 is 10.2 Å². The number of amides is 1. The number of aryl methyl sites for hydroxylation is 1. The molecule has 0 fully saturated rings. The van der Waals surface area contributed by atoms with Gasteiger partial charge in [0.25, 0.3) is 0 Å². The Morgan fingerprint density at radius 1 is 1.43 bits per heavy atom. The number of thioether (sulfide) groups is 1. The van der Waals surface area contributed by atoms with Gasteiger partial charge in [0, 0.05) is 35.5 Å². The van der Waals surface area contributed by atoms with E-state index < -0.39 is 0 Å². The van der Waals surface area contributed by atoms with Gasteiger partial charge in [-0.25, -0.2) is 9.97 Å². The van der Waals surface area contributed by atoms with Gasteiger partial charge >= 0.3 is 0 Å². The van der Waals surface area contributed by atoms with Crippen molar-refractivity contribution in [2.24, 2.45) is 0 Å². The number of thiophene rings is 1. The minimum Gasteiger partial charge on any atom is -0.355 e. The van der Waals surface area contributed by atoms with E-state index in [0.29, 0.717) is 13.0 Å². The van der Waals surface area contributed by atoms with Crippen LogP contribution in [-0.2, 0) is 4.79 Å². The molecule has 0 saturated carbocycles. The molecule has 0 aliphatic heterocycles. The summed E-state index contributed by atoms with van der Waals surface area (Å²) >= 11 is 3.29. The van der Waals surface area contributed by atoms with Crippen molar-refractivity contribution < 1.29 is 4.79 Å². The highest BCUT2D eigenvalue weighted by Gasteiger charge is 2.08. The van der Waals surface area contributed by atoms with Crippen LogP contribution in [-0.4, -0.2) is 53.7 Å². The lowest BCUT2D eigenvalue weighted by Gasteiger charge is -2.10. The van der Waals surface area contributed by atoms with Gasteiger partial charge in [-0.15, -0.1) is 23.1 Å².